The van der Waals surface area contributed by atoms with Crippen LogP contribution in [0, 0.1) is 0 Å². The molecular formula is C14H21NO4. The number of esters is 1. The van der Waals surface area contributed by atoms with Gasteiger partial charge in [-0.1, -0.05) is 19.8 Å². The molecule has 1 heterocycles. The van der Waals surface area contributed by atoms with Gasteiger partial charge in [-0.15, -0.1) is 0 Å². The number of hydrogen-bond acceptors (Lipinski definition) is 4. The molecule has 19 heavy (non-hydrogen) atoms. The molecule has 1 aliphatic heterocycles. The topological polar surface area (TPSA) is 63.7 Å². The van der Waals surface area contributed by atoms with Gasteiger partial charge in [0.2, 0.25) is 0 Å². The fraction of sp³-hybridized carbons (Fsp3) is 0.643. The first kappa shape index (κ1) is 15.4. The van der Waals surface area contributed by atoms with E-state index >= 15 is 0 Å². The third kappa shape index (κ3) is 5.68. The van der Waals surface area contributed by atoms with Crippen molar-refractivity contribution in [2.75, 3.05) is 13.2 Å². The average molecular weight is 267 g/mol. The summed E-state index contributed by atoms with van der Waals surface area (Å²) in [6, 6.07) is 0. The Morgan fingerprint density at radius 2 is 1.79 bits per heavy atom. The molecule has 0 aromatic carbocycles. The lowest BCUT2D eigenvalue weighted by molar-refractivity contribution is -0.144. The summed E-state index contributed by atoms with van der Waals surface area (Å²) in [6.45, 7) is 2.97. The second-order valence-electron chi connectivity index (χ2n) is 4.55. The molecule has 2 amide bonds. The highest BCUT2D eigenvalue weighted by atomic mass is 16.5. The summed E-state index contributed by atoms with van der Waals surface area (Å²) < 4.78 is 5.03. The molecule has 1 aliphatic rings. The van der Waals surface area contributed by atoms with E-state index in [0.717, 1.165) is 32.1 Å². The van der Waals surface area contributed by atoms with Crippen molar-refractivity contribution in [3.63, 3.8) is 0 Å². The van der Waals surface area contributed by atoms with E-state index in [2.05, 4.69) is 0 Å². The van der Waals surface area contributed by atoms with Crippen LogP contribution in [0.3, 0.4) is 0 Å². The second kappa shape index (κ2) is 8.45. The van der Waals surface area contributed by atoms with Crippen LogP contribution >= 0.6 is 0 Å². The van der Waals surface area contributed by atoms with Gasteiger partial charge in [-0.3, -0.25) is 19.3 Å². The predicted octanol–water partition coefficient (Wildman–Crippen LogP) is 1.82. The Morgan fingerprint density at radius 3 is 2.42 bits per heavy atom. The molecule has 5 nitrogen and oxygen atoms in total. The van der Waals surface area contributed by atoms with E-state index < -0.39 is 0 Å². The molecule has 0 aromatic heterocycles. The highest BCUT2D eigenvalue weighted by Gasteiger charge is 2.22. The molecular weight excluding hydrogens is 246 g/mol. The van der Waals surface area contributed by atoms with E-state index in [1.165, 1.54) is 17.1 Å². The minimum Gasteiger partial charge on any atom is -0.466 e. The fourth-order valence-electron chi connectivity index (χ4n) is 1.77. The van der Waals surface area contributed by atoms with Gasteiger partial charge in [0.1, 0.15) is 0 Å². The van der Waals surface area contributed by atoms with Crippen LogP contribution in [0.1, 0.15) is 45.4 Å². The van der Waals surface area contributed by atoms with Crippen molar-refractivity contribution in [3.05, 3.63) is 12.2 Å². The zero-order valence-corrected chi connectivity index (χ0v) is 11.4. The smallest absolute Gasteiger partial charge is 0.305 e. The number of hydrogen-bond donors (Lipinski definition) is 0. The van der Waals surface area contributed by atoms with Crippen LogP contribution in [0.25, 0.3) is 0 Å². The average Bonchev–Trinajstić information content (AvgIpc) is 2.70. The van der Waals surface area contributed by atoms with Crippen molar-refractivity contribution in [1.82, 2.24) is 4.90 Å². The Bertz CT molecular complexity index is 344. The van der Waals surface area contributed by atoms with Crippen molar-refractivity contribution in [3.8, 4) is 0 Å². The monoisotopic (exact) mass is 267 g/mol. The molecule has 106 valence electrons. The number of ether oxygens (including phenoxy) is 1. The van der Waals surface area contributed by atoms with Crippen molar-refractivity contribution in [1.29, 1.82) is 0 Å². The van der Waals surface area contributed by atoms with Crippen LogP contribution in [0.2, 0.25) is 0 Å². The van der Waals surface area contributed by atoms with E-state index in [1.54, 1.807) is 0 Å². The molecule has 0 aromatic rings. The number of nitrogens with zero attached hydrogens (tertiary/aromatic N) is 1. The van der Waals surface area contributed by atoms with Crippen molar-refractivity contribution < 1.29 is 19.1 Å². The maximum atomic E-state index is 11.3. The molecule has 0 bridgehead atoms. The van der Waals surface area contributed by atoms with E-state index in [-0.39, 0.29) is 17.8 Å². The molecule has 0 atom stereocenters. The van der Waals surface area contributed by atoms with Crippen molar-refractivity contribution in [2.24, 2.45) is 0 Å². The SMILES string of the molecule is CCCCOC(=O)CCCCCN1C(=O)C=CC1=O. The molecule has 0 fully saturated rings. The number of amides is 2. The number of unbranched alkanes of at least 4 members (excludes halogenated alkanes) is 3. The molecule has 0 unspecified atom stereocenters. The molecule has 0 N–H and O–H groups in total. The summed E-state index contributed by atoms with van der Waals surface area (Å²) in [6.07, 6.45) is 7.15. The Labute approximate surface area is 113 Å². The van der Waals surface area contributed by atoms with Gasteiger partial charge in [0, 0.05) is 25.1 Å². The first-order valence-corrected chi connectivity index (χ1v) is 6.84. The van der Waals surface area contributed by atoms with E-state index in [1.807, 2.05) is 6.92 Å². The van der Waals surface area contributed by atoms with Crippen LogP contribution in [-0.4, -0.2) is 35.8 Å². The molecule has 0 saturated heterocycles. The largest absolute Gasteiger partial charge is 0.466 e. The Hall–Kier alpha value is -1.65. The number of imide groups is 1. The Balaban J connectivity index is 2.01. The quantitative estimate of drug-likeness (QED) is 0.363. The molecule has 1 rings (SSSR count). The Kier molecular flexibility index (Phi) is 6.85. The summed E-state index contributed by atoms with van der Waals surface area (Å²) in [5.41, 5.74) is 0. The molecule has 0 spiro atoms. The highest BCUT2D eigenvalue weighted by molar-refractivity contribution is 6.12. The number of carbonyl (C=O) groups excluding carboxylic acids is 3. The molecule has 0 aliphatic carbocycles. The van der Waals surface area contributed by atoms with Crippen LogP contribution in [0.15, 0.2) is 12.2 Å². The van der Waals surface area contributed by atoms with Crippen LogP contribution in [-0.2, 0) is 19.1 Å². The molecule has 0 saturated carbocycles. The maximum Gasteiger partial charge on any atom is 0.305 e. The highest BCUT2D eigenvalue weighted by Crippen LogP contribution is 2.08. The third-order valence-electron chi connectivity index (χ3n) is 2.92. The van der Waals surface area contributed by atoms with E-state index in [0.29, 0.717) is 19.6 Å². The summed E-state index contributed by atoms with van der Waals surface area (Å²) in [4.78, 5) is 35.0. The lowest BCUT2D eigenvalue weighted by atomic mass is 10.2. The number of rotatable bonds is 9. The third-order valence-corrected chi connectivity index (χ3v) is 2.92. The van der Waals surface area contributed by atoms with Gasteiger partial charge >= 0.3 is 5.97 Å². The van der Waals surface area contributed by atoms with Crippen LogP contribution in [0.4, 0.5) is 0 Å². The predicted molar refractivity (Wildman–Crippen MR) is 70.2 cm³/mol. The zero-order chi connectivity index (χ0) is 14.1. The first-order chi connectivity index (χ1) is 9.15. The zero-order valence-electron chi connectivity index (χ0n) is 11.4. The van der Waals surface area contributed by atoms with Gasteiger partial charge in [-0.25, -0.2) is 0 Å². The van der Waals surface area contributed by atoms with Crippen LogP contribution < -0.4 is 0 Å². The molecule has 5 heteroatoms. The van der Waals surface area contributed by atoms with Crippen LogP contribution in [0.5, 0.6) is 0 Å². The van der Waals surface area contributed by atoms with Gasteiger partial charge in [0.25, 0.3) is 11.8 Å². The van der Waals surface area contributed by atoms with Crippen molar-refractivity contribution >= 4 is 17.8 Å². The summed E-state index contributed by atoms with van der Waals surface area (Å²) >= 11 is 0. The lowest BCUT2D eigenvalue weighted by Gasteiger charge is -2.12. The van der Waals surface area contributed by atoms with Gasteiger partial charge in [-0.2, -0.15) is 0 Å². The van der Waals surface area contributed by atoms with Gasteiger partial charge in [-0.05, 0) is 19.3 Å². The summed E-state index contributed by atoms with van der Waals surface area (Å²) in [5, 5.41) is 0. The summed E-state index contributed by atoms with van der Waals surface area (Å²) in [5.74, 6) is -0.656. The Morgan fingerprint density at radius 1 is 1.11 bits per heavy atom. The fourth-order valence-corrected chi connectivity index (χ4v) is 1.77. The number of carbonyl (C=O) groups is 3. The van der Waals surface area contributed by atoms with E-state index in [4.69, 9.17) is 4.74 Å². The normalized spacial score (nSPS) is 14.3. The lowest BCUT2D eigenvalue weighted by Crippen LogP contribution is -2.30. The minimum absolute atomic E-state index is 0.163. The standard InChI is InChI=1S/C14H21NO4/c1-2-3-11-19-14(18)7-5-4-6-10-15-12(16)8-9-13(15)17/h8-9H,2-7,10-11H2,1H3. The van der Waals surface area contributed by atoms with Gasteiger partial charge in [0.05, 0.1) is 6.61 Å². The maximum absolute atomic E-state index is 11.3. The van der Waals surface area contributed by atoms with E-state index in [9.17, 15) is 14.4 Å². The van der Waals surface area contributed by atoms with Crippen molar-refractivity contribution in [2.45, 2.75) is 45.4 Å². The molecule has 0 radical (unpaired) electrons. The minimum atomic E-state index is -0.246. The second-order valence-corrected chi connectivity index (χ2v) is 4.55. The van der Waals surface area contributed by atoms with Gasteiger partial charge in [0.15, 0.2) is 0 Å². The first-order valence-electron chi connectivity index (χ1n) is 6.84. The van der Waals surface area contributed by atoms with Gasteiger partial charge < -0.3 is 4.74 Å². The summed E-state index contributed by atoms with van der Waals surface area (Å²) in [7, 11) is 0.